The lowest BCUT2D eigenvalue weighted by molar-refractivity contribution is 0.0694. The maximum Gasteiger partial charge on any atom is 0.343 e. The smallest absolute Gasteiger partial charge is 0.343 e. The van der Waals surface area contributed by atoms with Crippen LogP contribution in [0.4, 0.5) is 0 Å². The second kappa shape index (κ2) is 4.93. The molecule has 2 aromatic rings. The van der Waals surface area contributed by atoms with Crippen molar-refractivity contribution in [2.24, 2.45) is 0 Å². The van der Waals surface area contributed by atoms with Crippen LogP contribution in [0.2, 0.25) is 5.02 Å². The first-order valence-corrected chi connectivity index (χ1v) is 6.14. The van der Waals surface area contributed by atoms with Crippen molar-refractivity contribution in [2.75, 3.05) is 0 Å². The number of aromatic nitrogens is 2. The predicted molar refractivity (Wildman–Crippen MR) is 72.4 cm³/mol. The average Bonchev–Trinajstić information content (AvgIpc) is 2.68. The zero-order valence-electron chi connectivity index (χ0n) is 10.5. The van der Waals surface area contributed by atoms with Crippen molar-refractivity contribution in [1.29, 1.82) is 0 Å². The Hall–Kier alpha value is -2.01. The van der Waals surface area contributed by atoms with E-state index in [1.807, 2.05) is 13.8 Å². The predicted octanol–water partition coefficient (Wildman–Crippen LogP) is 2.64. The summed E-state index contributed by atoms with van der Waals surface area (Å²) in [6.45, 7) is 3.63. The molecule has 0 aliphatic carbocycles. The first-order valence-electron chi connectivity index (χ1n) is 5.76. The summed E-state index contributed by atoms with van der Waals surface area (Å²) in [5.41, 5.74) is -0.0276. The molecule has 0 atom stereocenters. The molecule has 0 bridgehead atoms. The summed E-state index contributed by atoms with van der Waals surface area (Å²) in [6, 6.07) is 6.75. The van der Waals surface area contributed by atoms with E-state index < -0.39 is 11.5 Å². The summed E-state index contributed by atoms with van der Waals surface area (Å²) < 4.78 is 1.17. The monoisotopic (exact) mass is 280 g/mol. The van der Waals surface area contributed by atoms with E-state index in [4.69, 9.17) is 16.7 Å². The molecule has 1 aromatic carbocycles. The highest BCUT2D eigenvalue weighted by Gasteiger charge is 2.23. The van der Waals surface area contributed by atoms with Crippen LogP contribution < -0.4 is 5.56 Å². The van der Waals surface area contributed by atoms with Crippen LogP contribution in [0.3, 0.4) is 0 Å². The van der Waals surface area contributed by atoms with Gasteiger partial charge in [-0.05, 0) is 18.1 Å². The molecule has 0 aliphatic rings. The van der Waals surface area contributed by atoms with E-state index in [0.29, 0.717) is 16.4 Å². The van der Waals surface area contributed by atoms with Gasteiger partial charge in [0.15, 0.2) is 0 Å². The third kappa shape index (κ3) is 2.29. The summed E-state index contributed by atoms with van der Waals surface area (Å²) in [4.78, 5) is 23.4. The molecule has 1 aromatic heterocycles. The fourth-order valence-electron chi connectivity index (χ4n) is 1.88. The molecule has 0 unspecified atom stereocenters. The molecule has 2 N–H and O–H groups in total. The lowest BCUT2D eigenvalue weighted by Gasteiger charge is -2.05. The van der Waals surface area contributed by atoms with Gasteiger partial charge in [0, 0.05) is 0 Å². The van der Waals surface area contributed by atoms with Gasteiger partial charge in [0.25, 0.3) is 5.56 Å². The number of nitrogens with zero attached hydrogens (tertiary/aromatic N) is 1. The zero-order valence-corrected chi connectivity index (χ0v) is 11.2. The highest BCUT2D eigenvalue weighted by molar-refractivity contribution is 6.32. The second-order valence-corrected chi connectivity index (χ2v) is 4.86. The van der Waals surface area contributed by atoms with Crippen LogP contribution in [-0.4, -0.2) is 20.9 Å². The molecule has 0 aliphatic heterocycles. The first-order chi connectivity index (χ1) is 8.93. The number of H-pyrrole nitrogens is 1. The van der Waals surface area contributed by atoms with Crippen molar-refractivity contribution in [2.45, 2.75) is 19.8 Å². The second-order valence-electron chi connectivity index (χ2n) is 4.45. The molecule has 1 heterocycles. The zero-order chi connectivity index (χ0) is 14.2. The number of halogens is 1. The Labute approximate surface area is 114 Å². The topological polar surface area (TPSA) is 75.1 Å². The Morgan fingerprint density at radius 1 is 1.37 bits per heavy atom. The van der Waals surface area contributed by atoms with Crippen LogP contribution >= 0.6 is 11.6 Å². The van der Waals surface area contributed by atoms with Crippen LogP contribution in [0.1, 0.15) is 35.8 Å². The third-order valence-corrected chi connectivity index (χ3v) is 3.12. The van der Waals surface area contributed by atoms with Gasteiger partial charge >= 0.3 is 5.97 Å². The SMILES string of the molecule is CC(C)c1[nH]n(-c2ccccc2Cl)c(=O)c1C(=O)O. The van der Waals surface area contributed by atoms with Gasteiger partial charge in [0.1, 0.15) is 5.56 Å². The first kappa shape index (κ1) is 13.4. The number of rotatable bonds is 3. The van der Waals surface area contributed by atoms with E-state index in [1.54, 1.807) is 24.3 Å². The Balaban J connectivity index is 2.74. The van der Waals surface area contributed by atoms with Crippen molar-refractivity contribution in [3.8, 4) is 5.69 Å². The van der Waals surface area contributed by atoms with Crippen molar-refractivity contribution in [1.82, 2.24) is 9.78 Å². The summed E-state index contributed by atoms with van der Waals surface area (Å²) in [5.74, 6) is -1.35. The molecule has 100 valence electrons. The molecule has 19 heavy (non-hydrogen) atoms. The highest BCUT2D eigenvalue weighted by atomic mass is 35.5. The molecule has 0 saturated carbocycles. The lowest BCUT2D eigenvalue weighted by Crippen LogP contribution is -2.20. The van der Waals surface area contributed by atoms with Gasteiger partial charge in [-0.15, -0.1) is 0 Å². The minimum Gasteiger partial charge on any atom is -0.477 e. The van der Waals surface area contributed by atoms with Crippen molar-refractivity contribution in [3.05, 3.63) is 50.9 Å². The summed E-state index contributed by atoms with van der Waals surface area (Å²) in [7, 11) is 0. The molecular formula is C13H13ClN2O3. The molecule has 6 heteroatoms. The maximum atomic E-state index is 12.2. The molecule has 5 nitrogen and oxygen atoms in total. The third-order valence-electron chi connectivity index (χ3n) is 2.80. The standard InChI is InChI=1S/C13H13ClN2O3/c1-7(2)11-10(13(18)19)12(17)16(15-11)9-6-4-3-5-8(9)14/h3-7,15H,1-2H3,(H,18,19). The Morgan fingerprint density at radius 2 is 2.00 bits per heavy atom. The summed E-state index contributed by atoms with van der Waals surface area (Å²) >= 11 is 6.02. The fourth-order valence-corrected chi connectivity index (χ4v) is 2.10. The minimum absolute atomic E-state index is 0.109. The number of hydrogen-bond acceptors (Lipinski definition) is 2. The van der Waals surface area contributed by atoms with Crippen molar-refractivity contribution < 1.29 is 9.90 Å². The maximum absolute atomic E-state index is 12.2. The molecule has 0 saturated heterocycles. The van der Waals surface area contributed by atoms with Gasteiger partial charge in [0.2, 0.25) is 0 Å². The van der Waals surface area contributed by atoms with E-state index >= 15 is 0 Å². The quantitative estimate of drug-likeness (QED) is 0.907. The van der Waals surface area contributed by atoms with Gasteiger partial charge in [0.05, 0.1) is 16.4 Å². The normalized spacial score (nSPS) is 10.9. The largest absolute Gasteiger partial charge is 0.477 e. The van der Waals surface area contributed by atoms with Crippen LogP contribution in [-0.2, 0) is 0 Å². The number of carbonyl (C=O) groups is 1. The van der Waals surface area contributed by atoms with Crippen LogP contribution in [0.25, 0.3) is 5.69 Å². The number of benzene rings is 1. The molecular weight excluding hydrogens is 268 g/mol. The molecule has 0 amide bonds. The number of aromatic amines is 1. The van der Waals surface area contributed by atoms with Crippen LogP contribution in [0.5, 0.6) is 0 Å². The van der Waals surface area contributed by atoms with Gasteiger partial charge in [-0.3, -0.25) is 9.89 Å². The van der Waals surface area contributed by atoms with Crippen molar-refractivity contribution in [3.63, 3.8) is 0 Å². The average molecular weight is 281 g/mol. The van der Waals surface area contributed by atoms with Crippen LogP contribution in [0, 0.1) is 0 Å². The van der Waals surface area contributed by atoms with Gasteiger partial charge in [-0.2, -0.15) is 0 Å². The number of para-hydroxylation sites is 1. The minimum atomic E-state index is -1.24. The molecule has 0 fully saturated rings. The number of nitrogens with one attached hydrogen (secondary N) is 1. The van der Waals surface area contributed by atoms with E-state index in [9.17, 15) is 9.59 Å². The lowest BCUT2D eigenvalue weighted by atomic mass is 10.1. The molecule has 2 rings (SSSR count). The number of hydrogen-bond donors (Lipinski definition) is 2. The highest BCUT2D eigenvalue weighted by Crippen LogP contribution is 2.21. The van der Waals surface area contributed by atoms with E-state index in [0.717, 1.165) is 0 Å². The Morgan fingerprint density at radius 3 is 2.47 bits per heavy atom. The number of carboxylic acids is 1. The van der Waals surface area contributed by atoms with Crippen LogP contribution in [0.15, 0.2) is 29.1 Å². The van der Waals surface area contributed by atoms with Gasteiger partial charge < -0.3 is 5.11 Å². The number of aromatic carboxylic acids is 1. The van der Waals surface area contributed by atoms with E-state index in [1.165, 1.54) is 4.68 Å². The van der Waals surface area contributed by atoms with Gasteiger partial charge in [-0.25, -0.2) is 9.48 Å². The Kier molecular flexibility index (Phi) is 3.48. The van der Waals surface area contributed by atoms with Crippen molar-refractivity contribution >= 4 is 17.6 Å². The molecule has 0 spiro atoms. The Bertz CT molecular complexity index is 685. The summed E-state index contributed by atoms with van der Waals surface area (Å²) in [6.07, 6.45) is 0. The number of carboxylic acid groups (broad SMARTS) is 1. The fraction of sp³-hybridized carbons (Fsp3) is 0.231. The van der Waals surface area contributed by atoms with E-state index in [2.05, 4.69) is 5.10 Å². The summed E-state index contributed by atoms with van der Waals surface area (Å²) in [5, 5.41) is 12.4. The molecule has 0 radical (unpaired) electrons. The van der Waals surface area contributed by atoms with E-state index in [-0.39, 0.29) is 11.5 Å². The van der Waals surface area contributed by atoms with Gasteiger partial charge in [-0.1, -0.05) is 37.6 Å².